The Morgan fingerprint density at radius 2 is 1.95 bits per heavy atom. The Hall–Kier alpha value is -1.16. The number of nitrogens with one attached hydrogen (secondary N) is 1. The molecule has 0 fully saturated rings. The third-order valence-electron chi connectivity index (χ3n) is 2.65. The van der Waals surface area contributed by atoms with Gasteiger partial charge >= 0.3 is 6.18 Å². The zero-order valence-corrected chi connectivity index (χ0v) is 12.0. The number of sulfonamides is 1. The highest BCUT2D eigenvalue weighted by atomic mass is 32.2. The van der Waals surface area contributed by atoms with Crippen LogP contribution in [0.25, 0.3) is 0 Å². The molecule has 21 heavy (non-hydrogen) atoms. The smallest absolute Gasteiger partial charge is 0.396 e. The quantitative estimate of drug-likeness (QED) is 0.793. The number of rotatable bonds is 7. The molecule has 0 aliphatic rings. The SMILES string of the molecule is COCC(CCO)NS(=O)(=O)c1ccccc1C(F)(F)F. The molecule has 0 radical (unpaired) electrons. The van der Waals surface area contributed by atoms with Crippen molar-refractivity contribution in [2.24, 2.45) is 0 Å². The van der Waals surface area contributed by atoms with E-state index in [-0.39, 0.29) is 19.6 Å². The lowest BCUT2D eigenvalue weighted by atomic mass is 10.2. The van der Waals surface area contributed by atoms with Crippen LogP contribution in [0.15, 0.2) is 29.2 Å². The Morgan fingerprint density at radius 1 is 1.33 bits per heavy atom. The Balaban J connectivity index is 3.13. The highest BCUT2D eigenvalue weighted by Crippen LogP contribution is 2.33. The summed E-state index contributed by atoms with van der Waals surface area (Å²) in [4.78, 5) is -0.850. The van der Waals surface area contributed by atoms with Crippen molar-refractivity contribution in [3.8, 4) is 0 Å². The zero-order chi connectivity index (χ0) is 16.1. The van der Waals surface area contributed by atoms with Gasteiger partial charge < -0.3 is 9.84 Å². The maximum Gasteiger partial charge on any atom is 0.417 e. The molecule has 0 aliphatic heterocycles. The molecule has 0 spiro atoms. The molecule has 0 aromatic heterocycles. The largest absolute Gasteiger partial charge is 0.417 e. The molecule has 1 atom stereocenters. The van der Waals surface area contributed by atoms with Crippen molar-refractivity contribution in [1.29, 1.82) is 0 Å². The van der Waals surface area contributed by atoms with Crippen molar-refractivity contribution in [3.05, 3.63) is 29.8 Å². The molecule has 0 heterocycles. The molecule has 0 aliphatic carbocycles. The van der Waals surface area contributed by atoms with Gasteiger partial charge in [0.2, 0.25) is 10.0 Å². The van der Waals surface area contributed by atoms with Gasteiger partial charge in [0, 0.05) is 19.8 Å². The lowest BCUT2D eigenvalue weighted by Crippen LogP contribution is -2.39. The molecule has 0 amide bonds. The first-order valence-electron chi connectivity index (χ1n) is 6.00. The Kier molecular flexibility index (Phi) is 6.14. The van der Waals surface area contributed by atoms with Crippen LogP contribution in [0.4, 0.5) is 13.2 Å². The minimum Gasteiger partial charge on any atom is -0.396 e. The Labute approximate surface area is 120 Å². The fourth-order valence-corrected chi connectivity index (χ4v) is 3.23. The molecule has 0 saturated heterocycles. The van der Waals surface area contributed by atoms with E-state index in [0.717, 1.165) is 12.1 Å². The molecule has 0 bridgehead atoms. The maximum absolute atomic E-state index is 12.9. The normalized spacial score (nSPS) is 14.1. The van der Waals surface area contributed by atoms with E-state index < -0.39 is 32.7 Å². The monoisotopic (exact) mass is 327 g/mol. The summed E-state index contributed by atoms with van der Waals surface area (Å²) >= 11 is 0. The molecule has 1 rings (SSSR count). The van der Waals surface area contributed by atoms with Crippen LogP contribution >= 0.6 is 0 Å². The van der Waals surface area contributed by atoms with Crippen LogP contribution < -0.4 is 4.72 Å². The number of benzene rings is 1. The summed E-state index contributed by atoms with van der Waals surface area (Å²) in [5.74, 6) is 0. The highest BCUT2D eigenvalue weighted by molar-refractivity contribution is 7.89. The van der Waals surface area contributed by atoms with Crippen LogP contribution in [0.5, 0.6) is 0 Å². The molecule has 1 aromatic carbocycles. The Morgan fingerprint density at radius 3 is 2.48 bits per heavy atom. The number of aliphatic hydroxyl groups is 1. The third-order valence-corrected chi connectivity index (χ3v) is 4.23. The molecule has 0 saturated carbocycles. The van der Waals surface area contributed by atoms with Crippen LogP contribution in [0, 0.1) is 0 Å². The van der Waals surface area contributed by atoms with Crippen molar-refractivity contribution in [1.82, 2.24) is 4.72 Å². The zero-order valence-electron chi connectivity index (χ0n) is 11.2. The molecular formula is C12H16F3NO4S. The lowest BCUT2D eigenvalue weighted by molar-refractivity contribution is -0.139. The predicted molar refractivity (Wildman–Crippen MR) is 69.1 cm³/mol. The van der Waals surface area contributed by atoms with Crippen molar-refractivity contribution in [3.63, 3.8) is 0 Å². The van der Waals surface area contributed by atoms with Gasteiger partial charge in [0.05, 0.1) is 17.1 Å². The lowest BCUT2D eigenvalue weighted by Gasteiger charge is -2.19. The molecular weight excluding hydrogens is 311 g/mol. The number of hydrogen-bond donors (Lipinski definition) is 2. The van der Waals surface area contributed by atoms with Crippen LogP contribution in [-0.2, 0) is 20.9 Å². The number of hydrogen-bond acceptors (Lipinski definition) is 4. The fraction of sp³-hybridized carbons (Fsp3) is 0.500. The van der Waals surface area contributed by atoms with Crippen molar-refractivity contribution >= 4 is 10.0 Å². The number of ether oxygens (including phenoxy) is 1. The van der Waals surface area contributed by atoms with E-state index in [2.05, 4.69) is 4.72 Å². The van der Waals surface area contributed by atoms with Gasteiger partial charge in [-0.15, -0.1) is 0 Å². The number of methoxy groups -OCH3 is 1. The second kappa shape index (κ2) is 7.21. The highest BCUT2D eigenvalue weighted by Gasteiger charge is 2.37. The van der Waals surface area contributed by atoms with Gasteiger partial charge in [0.15, 0.2) is 0 Å². The van der Waals surface area contributed by atoms with Gasteiger partial charge in [-0.1, -0.05) is 12.1 Å². The van der Waals surface area contributed by atoms with Crippen LogP contribution in [0.3, 0.4) is 0 Å². The van der Waals surface area contributed by atoms with E-state index in [1.54, 1.807) is 0 Å². The van der Waals surface area contributed by atoms with Crippen molar-refractivity contribution in [2.75, 3.05) is 20.3 Å². The molecule has 2 N–H and O–H groups in total. The molecule has 1 aromatic rings. The van der Waals surface area contributed by atoms with Gasteiger partial charge in [-0.25, -0.2) is 13.1 Å². The van der Waals surface area contributed by atoms with E-state index in [1.165, 1.54) is 13.2 Å². The van der Waals surface area contributed by atoms with Gasteiger partial charge in [-0.3, -0.25) is 0 Å². The average molecular weight is 327 g/mol. The minimum atomic E-state index is -4.78. The fourth-order valence-electron chi connectivity index (χ4n) is 1.75. The summed E-state index contributed by atoms with van der Waals surface area (Å²) in [6.45, 7) is -0.383. The van der Waals surface area contributed by atoms with E-state index in [9.17, 15) is 21.6 Å². The number of halogens is 3. The molecule has 1 unspecified atom stereocenters. The first-order valence-corrected chi connectivity index (χ1v) is 7.49. The number of aliphatic hydroxyl groups excluding tert-OH is 1. The average Bonchev–Trinajstić information content (AvgIpc) is 2.38. The van der Waals surface area contributed by atoms with Crippen LogP contribution in [-0.4, -0.2) is 39.9 Å². The predicted octanol–water partition coefficient (Wildman–Crippen LogP) is 1.38. The third kappa shape index (κ3) is 4.95. The van der Waals surface area contributed by atoms with Gasteiger partial charge in [-0.2, -0.15) is 13.2 Å². The van der Waals surface area contributed by atoms with Gasteiger partial charge in [-0.05, 0) is 18.6 Å². The summed E-state index contributed by atoms with van der Waals surface area (Å²) in [6, 6.07) is 3.09. The van der Waals surface area contributed by atoms with Crippen molar-refractivity contribution < 1.29 is 31.4 Å². The standard InChI is InChI=1S/C12H16F3NO4S/c1-20-8-9(6-7-17)16-21(18,19)11-5-3-2-4-10(11)12(13,14)15/h2-5,9,16-17H,6-8H2,1H3. The summed E-state index contributed by atoms with van der Waals surface area (Å²) in [6.07, 6.45) is -4.75. The van der Waals surface area contributed by atoms with Crippen LogP contribution in [0.2, 0.25) is 0 Å². The van der Waals surface area contributed by atoms with E-state index in [0.29, 0.717) is 6.07 Å². The van der Waals surface area contributed by atoms with E-state index >= 15 is 0 Å². The first-order chi connectivity index (χ1) is 9.72. The molecule has 9 heteroatoms. The second-order valence-electron chi connectivity index (χ2n) is 4.28. The van der Waals surface area contributed by atoms with E-state index in [4.69, 9.17) is 9.84 Å². The molecule has 5 nitrogen and oxygen atoms in total. The summed E-state index contributed by atoms with van der Waals surface area (Å²) in [5.41, 5.74) is -1.24. The Bertz CT molecular complexity index is 554. The summed E-state index contributed by atoms with van der Waals surface area (Å²) in [5, 5.41) is 8.84. The van der Waals surface area contributed by atoms with E-state index in [1.807, 2.05) is 0 Å². The minimum absolute atomic E-state index is 0.0290. The van der Waals surface area contributed by atoms with Crippen LogP contribution in [0.1, 0.15) is 12.0 Å². The second-order valence-corrected chi connectivity index (χ2v) is 5.96. The van der Waals surface area contributed by atoms with Gasteiger partial charge in [0.25, 0.3) is 0 Å². The summed E-state index contributed by atoms with van der Waals surface area (Å²) in [7, 11) is -3.06. The van der Waals surface area contributed by atoms with Crippen molar-refractivity contribution in [2.45, 2.75) is 23.5 Å². The first kappa shape index (κ1) is 17.9. The molecule has 120 valence electrons. The van der Waals surface area contributed by atoms with Gasteiger partial charge in [0.1, 0.15) is 0 Å². The number of alkyl halides is 3. The maximum atomic E-state index is 12.9. The topological polar surface area (TPSA) is 75.6 Å². The summed E-state index contributed by atoms with van der Waals surface area (Å²) < 4.78 is 69.7.